The molecule has 0 spiro atoms. The van der Waals surface area contributed by atoms with Crippen molar-refractivity contribution in [2.45, 2.75) is 31.8 Å². The van der Waals surface area contributed by atoms with Gasteiger partial charge in [-0.1, -0.05) is 0 Å². The van der Waals surface area contributed by atoms with Crippen LogP contribution in [0.3, 0.4) is 0 Å². The van der Waals surface area contributed by atoms with E-state index in [0.29, 0.717) is 5.88 Å². The number of nitrogens with zero attached hydrogens (tertiary/aromatic N) is 6. The number of fused-ring (bicyclic) bond motifs is 1. The van der Waals surface area contributed by atoms with Gasteiger partial charge in [-0.25, -0.2) is 15.0 Å². The van der Waals surface area contributed by atoms with Crippen LogP contribution in [-0.4, -0.2) is 51.8 Å². The summed E-state index contributed by atoms with van der Waals surface area (Å²) >= 11 is 0. The Bertz CT molecular complexity index is 1100. The van der Waals surface area contributed by atoms with Gasteiger partial charge in [-0.2, -0.15) is 0 Å². The highest BCUT2D eigenvalue weighted by Crippen LogP contribution is 2.30. The predicted molar refractivity (Wildman–Crippen MR) is 116 cm³/mol. The van der Waals surface area contributed by atoms with Crippen molar-refractivity contribution in [3.05, 3.63) is 47.3 Å². The van der Waals surface area contributed by atoms with Crippen molar-refractivity contribution in [1.82, 2.24) is 19.5 Å². The molecule has 3 heterocycles. The van der Waals surface area contributed by atoms with Crippen molar-refractivity contribution in [3.63, 3.8) is 0 Å². The van der Waals surface area contributed by atoms with Gasteiger partial charge in [0.05, 0.1) is 17.2 Å². The van der Waals surface area contributed by atoms with E-state index in [2.05, 4.69) is 36.9 Å². The number of ether oxygens (including phenoxy) is 1. The first-order chi connectivity index (χ1) is 14.7. The van der Waals surface area contributed by atoms with E-state index in [1.807, 2.05) is 6.07 Å². The van der Waals surface area contributed by atoms with E-state index in [-0.39, 0.29) is 11.7 Å². The van der Waals surface area contributed by atoms with Crippen molar-refractivity contribution in [3.8, 4) is 5.88 Å². The third kappa shape index (κ3) is 3.69. The molecule has 0 N–H and O–H groups in total. The summed E-state index contributed by atoms with van der Waals surface area (Å²) in [6, 6.07) is 7.91. The van der Waals surface area contributed by atoms with Crippen LogP contribution in [0.1, 0.15) is 25.7 Å². The van der Waals surface area contributed by atoms with Gasteiger partial charge in [0.15, 0.2) is 0 Å². The molecule has 0 unspecified atom stereocenters. The molecule has 0 amide bonds. The summed E-state index contributed by atoms with van der Waals surface area (Å²) in [6.45, 7) is 3.34. The molecule has 2 aliphatic rings. The maximum Gasteiger partial charge on any atom is 0.255 e. The minimum atomic E-state index is -0.0354. The lowest BCUT2D eigenvalue weighted by Crippen LogP contribution is -2.47. The predicted octanol–water partition coefficient (Wildman–Crippen LogP) is 2.37. The molecule has 8 heteroatoms. The van der Waals surface area contributed by atoms with Gasteiger partial charge in [-0.3, -0.25) is 4.79 Å². The largest absolute Gasteiger partial charge is 0.474 e. The second-order valence-electron chi connectivity index (χ2n) is 8.07. The summed E-state index contributed by atoms with van der Waals surface area (Å²) in [5.74, 6) is 1.44. The highest BCUT2D eigenvalue weighted by Gasteiger charge is 2.21. The van der Waals surface area contributed by atoms with E-state index in [1.165, 1.54) is 17.4 Å². The van der Waals surface area contributed by atoms with Gasteiger partial charge in [0, 0.05) is 45.0 Å². The third-order valence-corrected chi connectivity index (χ3v) is 6.10. The van der Waals surface area contributed by atoms with Crippen LogP contribution in [0.5, 0.6) is 5.88 Å². The van der Waals surface area contributed by atoms with Crippen LogP contribution >= 0.6 is 0 Å². The lowest BCUT2D eigenvalue weighted by molar-refractivity contribution is 0.204. The number of hydrogen-bond acceptors (Lipinski definition) is 7. The molecule has 156 valence electrons. The second kappa shape index (κ2) is 7.93. The first-order valence-corrected chi connectivity index (χ1v) is 10.6. The Morgan fingerprint density at radius 3 is 2.50 bits per heavy atom. The summed E-state index contributed by atoms with van der Waals surface area (Å²) in [6.07, 6.45) is 8.09. The molecule has 0 bridgehead atoms. The van der Waals surface area contributed by atoms with Gasteiger partial charge in [-0.05, 0) is 43.9 Å². The minimum Gasteiger partial charge on any atom is -0.474 e. The van der Waals surface area contributed by atoms with Crippen molar-refractivity contribution < 1.29 is 4.74 Å². The monoisotopic (exact) mass is 406 g/mol. The SMILES string of the molecule is Cn1cnc(N2CCN(c3ccc4ncnc(OC5CCCC5)c4c3)CC2)cc1=O. The van der Waals surface area contributed by atoms with Gasteiger partial charge in [0.25, 0.3) is 5.56 Å². The molecule has 1 aromatic carbocycles. The van der Waals surface area contributed by atoms with Crippen molar-refractivity contribution in [2.24, 2.45) is 7.05 Å². The van der Waals surface area contributed by atoms with E-state index in [1.54, 1.807) is 25.8 Å². The van der Waals surface area contributed by atoms with Gasteiger partial charge in [0.2, 0.25) is 5.88 Å². The van der Waals surface area contributed by atoms with Crippen molar-refractivity contribution in [2.75, 3.05) is 36.0 Å². The quantitative estimate of drug-likeness (QED) is 0.658. The van der Waals surface area contributed by atoms with E-state index in [0.717, 1.165) is 61.4 Å². The fourth-order valence-corrected chi connectivity index (χ4v) is 4.29. The summed E-state index contributed by atoms with van der Waals surface area (Å²) in [7, 11) is 1.71. The molecule has 1 aliphatic carbocycles. The second-order valence-corrected chi connectivity index (χ2v) is 8.07. The van der Waals surface area contributed by atoms with E-state index < -0.39 is 0 Å². The summed E-state index contributed by atoms with van der Waals surface area (Å²) < 4.78 is 7.70. The van der Waals surface area contributed by atoms with Gasteiger partial charge in [-0.15, -0.1) is 0 Å². The maximum absolute atomic E-state index is 11.9. The van der Waals surface area contributed by atoms with Crippen LogP contribution in [0, 0.1) is 0 Å². The number of piperazine rings is 1. The summed E-state index contributed by atoms with van der Waals surface area (Å²) in [5.41, 5.74) is 2.02. The maximum atomic E-state index is 11.9. The molecule has 2 fully saturated rings. The Hall–Kier alpha value is -3.16. The highest BCUT2D eigenvalue weighted by molar-refractivity contribution is 5.86. The highest BCUT2D eigenvalue weighted by atomic mass is 16.5. The molecule has 2 aromatic heterocycles. The Kier molecular flexibility index (Phi) is 4.98. The topological polar surface area (TPSA) is 76.4 Å². The van der Waals surface area contributed by atoms with E-state index >= 15 is 0 Å². The normalized spacial score (nSPS) is 17.6. The molecular weight excluding hydrogens is 380 g/mol. The Morgan fingerprint density at radius 2 is 1.73 bits per heavy atom. The summed E-state index contributed by atoms with van der Waals surface area (Å²) in [5, 5.41) is 0.970. The summed E-state index contributed by atoms with van der Waals surface area (Å²) in [4.78, 5) is 29.7. The fourth-order valence-electron chi connectivity index (χ4n) is 4.29. The van der Waals surface area contributed by atoms with Crippen LogP contribution in [0.2, 0.25) is 0 Å². The van der Waals surface area contributed by atoms with Crippen LogP contribution in [-0.2, 0) is 7.05 Å². The van der Waals surface area contributed by atoms with Gasteiger partial charge >= 0.3 is 0 Å². The average Bonchev–Trinajstić information content (AvgIpc) is 3.29. The van der Waals surface area contributed by atoms with Crippen molar-refractivity contribution >= 4 is 22.4 Å². The van der Waals surface area contributed by atoms with Gasteiger partial charge < -0.3 is 19.1 Å². The Labute approximate surface area is 175 Å². The minimum absolute atomic E-state index is 0.0354. The Balaban J connectivity index is 1.33. The molecule has 1 saturated carbocycles. The molecule has 30 heavy (non-hydrogen) atoms. The fraction of sp³-hybridized carbons (Fsp3) is 0.455. The zero-order valence-electron chi connectivity index (χ0n) is 17.2. The van der Waals surface area contributed by atoms with Crippen LogP contribution in [0.4, 0.5) is 11.5 Å². The molecule has 1 saturated heterocycles. The zero-order chi connectivity index (χ0) is 20.5. The standard InChI is InChI=1S/C22H26N6O2/c1-26-15-25-20(13-21(26)29)28-10-8-27(9-11-28)16-6-7-19-18(12-16)22(24-14-23-19)30-17-4-2-3-5-17/h6-7,12-15,17H,2-5,8-11H2,1H3. The van der Waals surface area contributed by atoms with Crippen LogP contribution in [0.15, 0.2) is 41.7 Å². The Morgan fingerprint density at radius 1 is 0.967 bits per heavy atom. The smallest absolute Gasteiger partial charge is 0.255 e. The van der Waals surface area contributed by atoms with Crippen LogP contribution < -0.4 is 20.1 Å². The molecule has 5 rings (SSSR count). The average molecular weight is 406 g/mol. The lowest BCUT2D eigenvalue weighted by Gasteiger charge is -2.36. The number of benzene rings is 1. The molecular formula is C22H26N6O2. The number of hydrogen-bond donors (Lipinski definition) is 0. The third-order valence-electron chi connectivity index (χ3n) is 6.10. The van der Waals surface area contributed by atoms with Crippen LogP contribution in [0.25, 0.3) is 10.9 Å². The molecule has 1 aliphatic heterocycles. The number of aryl methyl sites for hydroxylation is 1. The lowest BCUT2D eigenvalue weighted by atomic mass is 10.2. The first-order valence-electron chi connectivity index (χ1n) is 10.6. The van der Waals surface area contributed by atoms with Crippen molar-refractivity contribution in [1.29, 1.82) is 0 Å². The van der Waals surface area contributed by atoms with Gasteiger partial charge in [0.1, 0.15) is 18.2 Å². The zero-order valence-corrected chi connectivity index (χ0v) is 17.2. The van der Waals surface area contributed by atoms with E-state index in [9.17, 15) is 4.79 Å². The molecule has 8 nitrogen and oxygen atoms in total. The molecule has 0 atom stereocenters. The van der Waals surface area contributed by atoms with E-state index in [4.69, 9.17) is 4.74 Å². The number of rotatable bonds is 4. The molecule has 3 aromatic rings. The number of aromatic nitrogens is 4. The first kappa shape index (κ1) is 18.8. The number of anilines is 2. The molecule has 0 radical (unpaired) electrons.